The Kier molecular flexibility index (Phi) is 5.58. The van der Waals surface area contributed by atoms with Crippen LogP contribution in [0.25, 0.3) is 12.2 Å². The molecule has 0 saturated heterocycles. The average molecular weight is 310 g/mol. The van der Waals surface area contributed by atoms with E-state index in [1.165, 1.54) is 12.2 Å². The average Bonchev–Trinajstić information content (AvgIpc) is 2.57. The van der Waals surface area contributed by atoms with E-state index in [1.807, 2.05) is 12.1 Å². The monoisotopic (exact) mass is 310 g/mol. The summed E-state index contributed by atoms with van der Waals surface area (Å²) < 4.78 is 10.4. The number of carbonyl (C=O) groups is 1. The normalized spacial score (nSPS) is 11.0. The molecule has 0 amide bonds. The first-order chi connectivity index (χ1) is 11.1. The van der Waals surface area contributed by atoms with E-state index < -0.39 is 0 Å². The van der Waals surface area contributed by atoms with Crippen LogP contribution in [0.5, 0.6) is 17.2 Å². The number of ether oxygens (including phenoxy) is 2. The van der Waals surface area contributed by atoms with Crippen molar-refractivity contribution in [3.8, 4) is 17.2 Å². The largest absolute Gasteiger partial charge is 0.508 e. The SMILES string of the molecule is COc1ccc(C=CC(=O)C=Cc2cccc(O)c2)cc1OC. The van der Waals surface area contributed by atoms with E-state index in [0.29, 0.717) is 11.5 Å². The molecule has 0 fully saturated rings. The van der Waals surface area contributed by atoms with E-state index >= 15 is 0 Å². The fraction of sp³-hybridized carbons (Fsp3) is 0.105. The van der Waals surface area contributed by atoms with Gasteiger partial charge in [0.25, 0.3) is 0 Å². The number of phenolic OH excluding ortho intramolecular Hbond substituents is 1. The number of phenols is 1. The van der Waals surface area contributed by atoms with Crippen LogP contribution in [0.3, 0.4) is 0 Å². The van der Waals surface area contributed by atoms with Gasteiger partial charge in [0.2, 0.25) is 0 Å². The van der Waals surface area contributed by atoms with E-state index in [9.17, 15) is 9.90 Å². The number of methoxy groups -OCH3 is 2. The van der Waals surface area contributed by atoms with Crippen molar-refractivity contribution in [1.29, 1.82) is 0 Å². The molecule has 0 aromatic heterocycles. The summed E-state index contributed by atoms with van der Waals surface area (Å²) in [7, 11) is 3.14. The highest BCUT2D eigenvalue weighted by molar-refractivity contribution is 6.04. The molecule has 2 aromatic carbocycles. The molecule has 0 bridgehead atoms. The number of ketones is 1. The number of allylic oxidation sites excluding steroid dienone is 2. The molecule has 4 nitrogen and oxygen atoms in total. The Balaban J connectivity index is 2.06. The molecule has 0 aliphatic rings. The highest BCUT2D eigenvalue weighted by Crippen LogP contribution is 2.27. The fourth-order valence-corrected chi connectivity index (χ4v) is 2.00. The minimum Gasteiger partial charge on any atom is -0.508 e. The minimum absolute atomic E-state index is 0.150. The van der Waals surface area contributed by atoms with Crippen LogP contribution >= 0.6 is 0 Å². The van der Waals surface area contributed by atoms with Gasteiger partial charge < -0.3 is 14.6 Å². The molecular formula is C19H18O4. The van der Waals surface area contributed by atoms with Gasteiger partial charge in [-0.05, 0) is 47.5 Å². The van der Waals surface area contributed by atoms with Gasteiger partial charge in [-0.1, -0.05) is 30.4 Å². The maximum absolute atomic E-state index is 11.9. The number of benzene rings is 2. The number of carbonyl (C=O) groups excluding carboxylic acids is 1. The van der Waals surface area contributed by atoms with Crippen molar-refractivity contribution in [3.05, 3.63) is 65.7 Å². The lowest BCUT2D eigenvalue weighted by atomic mass is 10.1. The van der Waals surface area contributed by atoms with Gasteiger partial charge in [-0.3, -0.25) is 4.79 Å². The van der Waals surface area contributed by atoms with Gasteiger partial charge in [-0.2, -0.15) is 0 Å². The van der Waals surface area contributed by atoms with Crippen molar-refractivity contribution in [2.45, 2.75) is 0 Å². The second-order valence-electron chi connectivity index (χ2n) is 4.78. The molecule has 2 aromatic rings. The molecule has 23 heavy (non-hydrogen) atoms. The molecule has 4 heteroatoms. The van der Waals surface area contributed by atoms with E-state index in [4.69, 9.17) is 9.47 Å². The number of rotatable bonds is 6. The van der Waals surface area contributed by atoms with Crippen LogP contribution in [0.15, 0.2) is 54.6 Å². The predicted molar refractivity (Wildman–Crippen MR) is 90.7 cm³/mol. The van der Waals surface area contributed by atoms with Gasteiger partial charge in [-0.25, -0.2) is 0 Å². The van der Waals surface area contributed by atoms with Gasteiger partial charge in [0.05, 0.1) is 14.2 Å². The summed E-state index contributed by atoms with van der Waals surface area (Å²) in [6, 6.07) is 12.1. The van der Waals surface area contributed by atoms with Crippen LogP contribution in [0.4, 0.5) is 0 Å². The maximum atomic E-state index is 11.9. The summed E-state index contributed by atoms with van der Waals surface area (Å²) in [6.45, 7) is 0. The zero-order valence-corrected chi connectivity index (χ0v) is 13.0. The molecule has 118 valence electrons. The second kappa shape index (κ2) is 7.84. The Morgan fingerprint density at radius 3 is 2.17 bits per heavy atom. The standard InChI is InChI=1S/C19H18O4/c1-22-18-11-8-15(13-19(18)23-2)7-10-16(20)9-6-14-4-3-5-17(21)12-14/h3-13,21H,1-2H3. The Labute approximate surface area is 135 Å². The zero-order valence-electron chi connectivity index (χ0n) is 13.0. The van der Waals surface area contributed by atoms with E-state index in [1.54, 1.807) is 56.7 Å². The summed E-state index contributed by atoms with van der Waals surface area (Å²) in [5.74, 6) is 1.26. The molecule has 0 aliphatic carbocycles. The van der Waals surface area contributed by atoms with Crippen molar-refractivity contribution in [3.63, 3.8) is 0 Å². The first-order valence-corrected chi connectivity index (χ1v) is 7.03. The van der Waals surface area contributed by atoms with Crippen molar-refractivity contribution >= 4 is 17.9 Å². The van der Waals surface area contributed by atoms with Gasteiger partial charge in [0.1, 0.15) is 5.75 Å². The topological polar surface area (TPSA) is 55.8 Å². The van der Waals surface area contributed by atoms with Crippen molar-refractivity contribution in [2.24, 2.45) is 0 Å². The summed E-state index contributed by atoms with van der Waals surface area (Å²) in [5.41, 5.74) is 1.60. The fourth-order valence-electron chi connectivity index (χ4n) is 2.00. The Morgan fingerprint density at radius 1 is 0.913 bits per heavy atom. The lowest BCUT2D eigenvalue weighted by molar-refractivity contribution is -0.110. The first-order valence-electron chi connectivity index (χ1n) is 7.03. The van der Waals surface area contributed by atoms with Crippen LogP contribution in [-0.2, 0) is 4.79 Å². The minimum atomic E-state index is -0.150. The van der Waals surface area contributed by atoms with E-state index in [2.05, 4.69) is 0 Å². The van der Waals surface area contributed by atoms with E-state index in [-0.39, 0.29) is 11.5 Å². The van der Waals surface area contributed by atoms with Crippen LogP contribution in [0.2, 0.25) is 0 Å². The molecule has 2 rings (SSSR count). The summed E-state index contributed by atoms with van der Waals surface area (Å²) in [6.07, 6.45) is 6.28. The smallest absolute Gasteiger partial charge is 0.178 e. The molecule has 0 heterocycles. The Bertz CT molecular complexity index is 745. The Hall–Kier alpha value is -3.01. The molecule has 0 spiro atoms. The summed E-state index contributed by atoms with van der Waals surface area (Å²) in [4.78, 5) is 11.9. The number of aromatic hydroxyl groups is 1. The third-order valence-corrected chi connectivity index (χ3v) is 3.16. The van der Waals surface area contributed by atoms with Crippen molar-refractivity contribution in [1.82, 2.24) is 0 Å². The molecular weight excluding hydrogens is 292 g/mol. The highest BCUT2D eigenvalue weighted by Gasteiger charge is 2.02. The van der Waals surface area contributed by atoms with Gasteiger partial charge in [0, 0.05) is 0 Å². The Morgan fingerprint density at radius 2 is 1.57 bits per heavy atom. The van der Waals surface area contributed by atoms with Gasteiger partial charge >= 0.3 is 0 Å². The summed E-state index contributed by atoms with van der Waals surface area (Å²) >= 11 is 0. The van der Waals surface area contributed by atoms with Gasteiger partial charge in [-0.15, -0.1) is 0 Å². The predicted octanol–water partition coefficient (Wildman–Crippen LogP) is 3.71. The van der Waals surface area contributed by atoms with Crippen LogP contribution in [0.1, 0.15) is 11.1 Å². The molecule has 1 N–H and O–H groups in total. The first kappa shape index (κ1) is 16.4. The van der Waals surface area contributed by atoms with E-state index in [0.717, 1.165) is 11.1 Å². The molecule has 0 atom stereocenters. The number of hydrogen-bond acceptors (Lipinski definition) is 4. The van der Waals surface area contributed by atoms with Crippen molar-refractivity contribution in [2.75, 3.05) is 14.2 Å². The van der Waals surface area contributed by atoms with Crippen LogP contribution in [-0.4, -0.2) is 25.1 Å². The molecule has 0 unspecified atom stereocenters. The molecule has 0 saturated carbocycles. The lowest BCUT2D eigenvalue weighted by Crippen LogP contribution is -1.91. The third kappa shape index (κ3) is 4.74. The van der Waals surface area contributed by atoms with Crippen LogP contribution in [0, 0.1) is 0 Å². The molecule has 0 radical (unpaired) electrons. The number of hydrogen-bond donors (Lipinski definition) is 1. The summed E-state index contributed by atoms with van der Waals surface area (Å²) in [5, 5.41) is 9.37. The molecule has 0 aliphatic heterocycles. The lowest BCUT2D eigenvalue weighted by Gasteiger charge is -2.07. The second-order valence-corrected chi connectivity index (χ2v) is 4.78. The zero-order chi connectivity index (χ0) is 16.7. The van der Waals surface area contributed by atoms with Crippen molar-refractivity contribution < 1.29 is 19.4 Å². The van der Waals surface area contributed by atoms with Gasteiger partial charge in [0.15, 0.2) is 17.3 Å². The quantitative estimate of drug-likeness (QED) is 0.827. The third-order valence-electron chi connectivity index (χ3n) is 3.16. The highest BCUT2D eigenvalue weighted by atomic mass is 16.5. The maximum Gasteiger partial charge on any atom is 0.178 e. The van der Waals surface area contributed by atoms with Crippen LogP contribution < -0.4 is 9.47 Å².